The molecule has 0 saturated carbocycles. The van der Waals surface area contributed by atoms with Gasteiger partial charge in [-0.1, -0.05) is 27.2 Å². The van der Waals surface area contributed by atoms with Crippen LogP contribution in [0.5, 0.6) is 0 Å². The molecule has 6 heteroatoms. The molecule has 2 aromatic rings. The monoisotopic (exact) mass is 323 g/mol. The Labute approximate surface area is 119 Å². The third-order valence-corrected chi connectivity index (χ3v) is 3.93. The molecule has 2 N–H and O–H groups in total. The number of nitrogens with zero attached hydrogens (tertiary/aromatic N) is 2. The van der Waals surface area contributed by atoms with Crippen LogP contribution in [0.25, 0.3) is 11.4 Å². The maximum absolute atomic E-state index is 6.20. The molecule has 1 aromatic carbocycles. The van der Waals surface area contributed by atoms with Crippen LogP contribution in [0, 0.1) is 6.92 Å². The zero-order chi connectivity index (χ0) is 13.5. The molecule has 0 aliphatic carbocycles. The Balaban J connectivity index is 1.97. The highest BCUT2D eigenvalue weighted by atomic mass is 79.9. The average molecular weight is 324 g/mol. The lowest BCUT2D eigenvalue weighted by atomic mass is 10.0. The molecule has 1 aliphatic heterocycles. The molecule has 1 fully saturated rings. The van der Waals surface area contributed by atoms with Gasteiger partial charge in [-0.25, -0.2) is 0 Å². The van der Waals surface area contributed by atoms with E-state index in [1.807, 2.05) is 25.1 Å². The minimum Gasteiger partial charge on any atom is -0.379 e. The first kappa shape index (κ1) is 12.8. The van der Waals surface area contributed by atoms with Gasteiger partial charge in [0.2, 0.25) is 11.7 Å². The molecule has 1 aromatic heterocycles. The summed E-state index contributed by atoms with van der Waals surface area (Å²) in [5.41, 5.74) is 7.61. The number of hydrogen-bond donors (Lipinski definition) is 1. The summed E-state index contributed by atoms with van der Waals surface area (Å²) in [5.74, 6) is 0.978. The highest BCUT2D eigenvalue weighted by Crippen LogP contribution is 2.31. The molecule has 0 amide bonds. The zero-order valence-corrected chi connectivity index (χ0v) is 12.1. The second-order valence-electron chi connectivity index (χ2n) is 4.87. The van der Waals surface area contributed by atoms with Crippen LogP contribution in [0.1, 0.15) is 17.9 Å². The van der Waals surface area contributed by atoms with Gasteiger partial charge in [-0.3, -0.25) is 0 Å². The van der Waals surface area contributed by atoms with E-state index in [0.29, 0.717) is 31.3 Å². The lowest BCUT2D eigenvalue weighted by Gasteiger charge is -2.15. The number of benzene rings is 1. The fraction of sp³-hybridized carbons (Fsp3) is 0.385. The number of aryl methyl sites for hydroxylation is 1. The standard InChI is InChI=1S/C13H14BrN3O2/c1-8-2-3-9(10(14)6-8)11-16-12(19-17-11)13(15)4-5-18-7-13/h2-3,6H,4-5,7,15H2,1H3. The molecule has 2 heterocycles. The quantitative estimate of drug-likeness (QED) is 0.918. The molecule has 19 heavy (non-hydrogen) atoms. The van der Waals surface area contributed by atoms with Crippen LogP contribution in [0.3, 0.4) is 0 Å². The fourth-order valence-electron chi connectivity index (χ4n) is 2.09. The van der Waals surface area contributed by atoms with Crippen molar-refractivity contribution in [2.45, 2.75) is 18.9 Å². The van der Waals surface area contributed by atoms with Crippen molar-refractivity contribution >= 4 is 15.9 Å². The van der Waals surface area contributed by atoms with Crippen molar-refractivity contribution < 1.29 is 9.26 Å². The molecule has 1 saturated heterocycles. The molecule has 3 rings (SSSR count). The molecule has 1 aliphatic rings. The fourth-order valence-corrected chi connectivity index (χ4v) is 2.76. The summed E-state index contributed by atoms with van der Waals surface area (Å²) in [4.78, 5) is 4.41. The summed E-state index contributed by atoms with van der Waals surface area (Å²) in [5, 5.41) is 4.02. The van der Waals surface area contributed by atoms with Crippen LogP contribution in [0.2, 0.25) is 0 Å². The predicted molar refractivity (Wildman–Crippen MR) is 73.5 cm³/mol. The van der Waals surface area contributed by atoms with Crippen molar-refractivity contribution in [3.63, 3.8) is 0 Å². The first-order chi connectivity index (χ1) is 9.08. The largest absolute Gasteiger partial charge is 0.379 e. The molecule has 0 bridgehead atoms. The van der Waals surface area contributed by atoms with Gasteiger partial charge in [-0.2, -0.15) is 4.98 Å². The number of halogens is 1. The van der Waals surface area contributed by atoms with E-state index in [1.54, 1.807) is 0 Å². The second kappa shape index (κ2) is 4.70. The first-order valence-corrected chi connectivity index (χ1v) is 6.85. The Morgan fingerprint density at radius 3 is 2.95 bits per heavy atom. The highest BCUT2D eigenvalue weighted by molar-refractivity contribution is 9.10. The van der Waals surface area contributed by atoms with E-state index in [2.05, 4.69) is 26.1 Å². The van der Waals surface area contributed by atoms with Gasteiger partial charge in [0, 0.05) is 16.6 Å². The Morgan fingerprint density at radius 1 is 1.42 bits per heavy atom. The van der Waals surface area contributed by atoms with Crippen LogP contribution in [-0.4, -0.2) is 23.4 Å². The maximum atomic E-state index is 6.20. The number of ether oxygens (including phenoxy) is 1. The minimum atomic E-state index is -0.650. The predicted octanol–water partition coefficient (Wildman–Crippen LogP) is 2.38. The van der Waals surface area contributed by atoms with Gasteiger partial charge in [-0.05, 0) is 31.0 Å². The number of aromatic nitrogens is 2. The van der Waals surface area contributed by atoms with Crippen LogP contribution in [-0.2, 0) is 10.3 Å². The van der Waals surface area contributed by atoms with E-state index in [9.17, 15) is 0 Å². The molecule has 1 unspecified atom stereocenters. The van der Waals surface area contributed by atoms with E-state index in [1.165, 1.54) is 5.56 Å². The average Bonchev–Trinajstić information content (AvgIpc) is 2.99. The van der Waals surface area contributed by atoms with E-state index in [-0.39, 0.29) is 0 Å². The summed E-state index contributed by atoms with van der Waals surface area (Å²) in [7, 11) is 0. The summed E-state index contributed by atoms with van der Waals surface area (Å²) in [6, 6.07) is 5.98. The smallest absolute Gasteiger partial charge is 0.249 e. The third-order valence-electron chi connectivity index (χ3n) is 3.27. The zero-order valence-electron chi connectivity index (χ0n) is 10.5. The van der Waals surface area contributed by atoms with Gasteiger partial charge in [0.25, 0.3) is 0 Å². The minimum absolute atomic E-state index is 0.420. The van der Waals surface area contributed by atoms with Crippen molar-refractivity contribution in [2.24, 2.45) is 5.73 Å². The van der Waals surface area contributed by atoms with Gasteiger partial charge < -0.3 is 15.0 Å². The molecule has 1 atom stereocenters. The van der Waals surface area contributed by atoms with Gasteiger partial charge >= 0.3 is 0 Å². The summed E-state index contributed by atoms with van der Waals surface area (Å²) >= 11 is 3.51. The summed E-state index contributed by atoms with van der Waals surface area (Å²) in [6.45, 7) is 3.08. The van der Waals surface area contributed by atoms with E-state index in [4.69, 9.17) is 15.0 Å². The lowest BCUT2D eigenvalue weighted by Crippen LogP contribution is -2.37. The molecule has 0 radical (unpaired) electrons. The van der Waals surface area contributed by atoms with Crippen molar-refractivity contribution in [1.29, 1.82) is 0 Å². The topological polar surface area (TPSA) is 74.2 Å². The normalized spacial score (nSPS) is 22.9. The van der Waals surface area contributed by atoms with Crippen molar-refractivity contribution in [2.75, 3.05) is 13.2 Å². The molecule has 0 spiro atoms. The Bertz CT molecular complexity index is 606. The van der Waals surface area contributed by atoms with Crippen molar-refractivity contribution in [3.05, 3.63) is 34.1 Å². The third kappa shape index (κ3) is 2.31. The van der Waals surface area contributed by atoms with E-state index in [0.717, 1.165) is 10.0 Å². The van der Waals surface area contributed by atoms with Gasteiger partial charge in [-0.15, -0.1) is 0 Å². The Kier molecular flexibility index (Phi) is 3.16. The van der Waals surface area contributed by atoms with Gasteiger partial charge in [0.15, 0.2) is 0 Å². The number of rotatable bonds is 2. The molecular formula is C13H14BrN3O2. The first-order valence-electron chi connectivity index (χ1n) is 6.06. The Morgan fingerprint density at radius 2 is 2.26 bits per heavy atom. The van der Waals surface area contributed by atoms with Crippen LogP contribution in [0.4, 0.5) is 0 Å². The summed E-state index contributed by atoms with van der Waals surface area (Å²) < 4.78 is 11.5. The van der Waals surface area contributed by atoms with Gasteiger partial charge in [0.05, 0.1) is 6.61 Å². The number of nitrogens with two attached hydrogens (primary N) is 1. The SMILES string of the molecule is Cc1ccc(-c2noc(C3(N)CCOC3)n2)c(Br)c1. The number of hydrogen-bond acceptors (Lipinski definition) is 5. The van der Waals surface area contributed by atoms with E-state index < -0.39 is 5.54 Å². The van der Waals surface area contributed by atoms with Crippen molar-refractivity contribution in [1.82, 2.24) is 10.1 Å². The molecule has 5 nitrogen and oxygen atoms in total. The molecule has 100 valence electrons. The molecular weight excluding hydrogens is 310 g/mol. The summed E-state index contributed by atoms with van der Waals surface area (Å²) in [6.07, 6.45) is 0.698. The lowest BCUT2D eigenvalue weighted by molar-refractivity contribution is 0.166. The highest BCUT2D eigenvalue weighted by Gasteiger charge is 2.38. The van der Waals surface area contributed by atoms with Crippen LogP contribution < -0.4 is 5.73 Å². The second-order valence-corrected chi connectivity index (χ2v) is 5.72. The maximum Gasteiger partial charge on any atom is 0.249 e. The van der Waals surface area contributed by atoms with Crippen molar-refractivity contribution in [3.8, 4) is 11.4 Å². The Hall–Kier alpha value is -1.24. The van der Waals surface area contributed by atoms with Crippen LogP contribution >= 0.6 is 15.9 Å². The van der Waals surface area contributed by atoms with Crippen LogP contribution in [0.15, 0.2) is 27.2 Å². The van der Waals surface area contributed by atoms with E-state index >= 15 is 0 Å². The van der Waals surface area contributed by atoms with Gasteiger partial charge in [0.1, 0.15) is 5.54 Å².